The molecule has 0 rings (SSSR count). The highest BCUT2D eigenvalue weighted by Crippen LogP contribution is 2.11. The summed E-state index contributed by atoms with van der Waals surface area (Å²) in [5, 5.41) is 0. The molecule has 0 saturated carbocycles. The molecule has 1 unspecified atom stereocenters. The predicted molar refractivity (Wildman–Crippen MR) is 60.4 cm³/mol. The van der Waals surface area contributed by atoms with E-state index >= 15 is 0 Å². The van der Waals surface area contributed by atoms with Gasteiger partial charge >= 0.3 is 5.97 Å². The monoisotopic (exact) mass is 214 g/mol. The van der Waals surface area contributed by atoms with Crippen LogP contribution < -0.4 is 0 Å². The second-order valence-corrected chi connectivity index (χ2v) is 4.12. The molecular weight excluding hydrogens is 192 g/mol. The summed E-state index contributed by atoms with van der Waals surface area (Å²) in [6, 6.07) is 0. The smallest absolute Gasteiger partial charge is 0.335 e. The van der Waals surface area contributed by atoms with Crippen LogP contribution in [0.3, 0.4) is 0 Å². The Balaban J connectivity index is 4.10. The lowest BCUT2D eigenvalue weighted by Crippen LogP contribution is -2.24. The van der Waals surface area contributed by atoms with Crippen molar-refractivity contribution in [1.82, 2.24) is 0 Å². The van der Waals surface area contributed by atoms with E-state index in [9.17, 15) is 4.79 Å². The van der Waals surface area contributed by atoms with Crippen LogP contribution >= 0.6 is 0 Å². The Bertz CT molecular complexity index is 209. The third kappa shape index (κ3) is 7.14. The molecule has 0 N–H and O–H groups in total. The molecule has 0 aromatic carbocycles. The molecule has 0 amide bonds. The largest absolute Gasteiger partial charge is 0.432 e. The van der Waals surface area contributed by atoms with Gasteiger partial charge < -0.3 is 9.47 Å². The topological polar surface area (TPSA) is 35.5 Å². The maximum Gasteiger partial charge on any atom is 0.335 e. The molecule has 0 spiro atoms. The summed E-state index contributed by atoms with van der Waals surface area (Å²) in [5.41, 5.74) is 0.406. The van der Waals surface area contributed by atoms with Gasteiger partial charge in [0.05, 0.1) is 6.61 Å². The Morgan fingerprint density at radius 2 is 2.00 bits per heavy atom. The summed E-state index contributed by atoms with van der Waals surface area (Å²) in [7, 11) is 0. The van der Waals surface area contributed by atoms with Crippen molar-refractivity contribution in [2.45, 2.75) is 46.8 Å². The minimum Gasteiger partial charge on any atom is -0.432 e. The number of hydrogen-bond acceptors (Lipinski definition) is 3. The van der Waals surface area contributed by atoms with Crippen molar-refractivity contribution < 1.29 is 14.3 Å². The van der Waals surface area contributed by atoms with Crippen LogP contribution in [0.25, 0.3) is 0 Å². The van der Waals surface area contributed by atoms with Gasteiger partial charge in [-0.05, 0) is 19.3 Å². The molecule has 3 nitrogen and oxygen atoms in total. The summed E-state index contributed by atoms with van der Waals surface area (Å²) in [4.78, 5) is 11.3. The fourth-order valence-electron chi connectivity index (χ4n) is 1.00. The maximum absolute atomic E-state index is 11.3. The lowest BCUT2D eigenvalue weighted by atomic mass is 10.1. The zero-order chi connectivity index (χ0) is 11.8. The first kappa shape index (κ1) is 14.2. The van der Waals surface area contributed by atoms with Crippen LogP contribution in [0.2, 0.25) is 0 Å². The van der Waals surface area contributed by atoms with E-state index in [0.29, 0.717) is 18.1 Å². The summed E-state index contributed by atoms with van der Waals surface area (Å²) >= 11 is 0. The Hall–Kier alpha value is -0.830. The molecule has 0 heterocycles. The zero-order valence-electron chi connectivity index (χ0n) is 10.2. The second kappa shape index (κ2) is 7.46. The minimum atomic E-state index is -0.436. The molecule has 0 aliphatic rings. The van der Waals surface area contributed by atoms with Gasteiger partial charge in [-0.15, -0.1) is 0 Å². The van der Waals surface area contributed by atoms with Crippen LogP contribution in [0.4, 0.5) is 0 Å². The third-order valence-electron chi connectivity index (χ3n) is 1.76. The molecule has 0 aromatic heterocycles. The molecule has 0 bridgehead atoms. The molecule has 3 heteroatoms. The number of carbonyl (C=O) groups is 1. The van der Waals surface area contributed by atoms with Gasteiger partial charge in [0.2, 0.25) is 6.29 Å². The van der Waals surface area contributed by atoms with Gasteiger partial charge in [0.15, 0.2) is 0 Å². The first-order valence-corrected chi connectivity index (χ1v) is 5.45. The molecule has 0 aromatic rings. The SMILES string of the molecule is C=C(C)C(=O)OC(CC(C)C)OCCC. The van der Waals surface area contributed by atoms with Gasteiger partial charge in [0.25, 0.3) is 0 Å². The van der Waals surface area contributed by atoms with E-state index in [1.54, 1.807) is 6.92 Å². The lowest BCUT2D eigenvalue weighted by Gasteiger charge is -2.19. The Morgan fingerprint density at radius 3 is 2.40 bits per heavy atom. The molecule has 0 saturated heterocycles. The van der Waals surface area contributed by atoms with E-state index in [0.717, 1.165) is 12.8 Å². The van der Waals surface area contributed by atoms with Crippen molar-refractivity contribution in [3.8, 4) is 0 Å². The van der Waals surface area contributed by atoms with E-state index < -0.39 is 6.29 Å². The molecule has 0 radical (unpaired) electrons. The van der Waals surface area contributed by atoms with E-state index in [1.807, 2.05) is 6.92 Å². The number of ether oxygens (including phenoxy) is 2. The van der Waals surface area contributed by atoms with E-state index in [2.05, 4.69) is 20.4 Å². The summed E-state index contributed by atoms with van der Waals surface area (Å²) in [6.45, 7) is 11.9. The molecule has 15 heavy (non-hydrogen) atoms. The van der Waals surface area contributed by atoms with Gasteiger partial charge in [-0.25, -0.2) is 4.79 Å². The molecule has 0 aliphatic carbocycles. The quantitative estimate of drug-likeness (QED) is 0.371. The fourth-order valence-corrected chi connectivity index (χ4v) is 1.00. The predicted octanol–water partition coefficient (Wildman–Crippen LogP) is 2.90. The maximum atomic E-state index is 11.3. The number of hydrogen-bond donors (Lipinski definition) is 0. The van der Waals surface area contributed by atoms with Gasteiger partial charge in [-0.1, -0.05) is 27.4 Å². The van der Waals surface area contributed by atoms with E-state index in [-0.39, 0.29) is 5.97 Å². The van der Waals surface area contributed by atoms with Crippen molar-refractivity contribution in [3.05, 3.63) is 12.2 Å². The number of carbonyl (C=O) groups excluding carboxylic acids is 1. The van der Waals surface area contributed by atoms with Gasteiger partial charge in [-0.3, -0.25) is 0 Å². The standard InChI is InChI=1S/C12H22O3/c1-6-7-14-11(8-9(2)3)15-12(13)10(4)5/h9,11H,4,6-8H2,1-3,5H3. The Kier molecular flexibility index (Phi) is 7.05. The van der Waals surface area contributed by atoms with Crippen LogP contribution in [-0.4, -0.2) is 18.9 Å². The molecule has 1 atom stereocenters. The van der Waals surface area contributed by atoms with Crippen LogP contribution in [0.5, 0.6) is 0 Å². The molecule has 88 valence electrons. The third-order valence-corrected chi connectivity index (χ3v) is 1.76. The van der Waals surface area contributed by atoms with E-state index in [4.69, 9.17) is 9.47 Å². The van der Waals surface area contributed by atoms with Crippen LogP contribution in [0.1, 0.15) is 40.5 Å². The fraction of sp³-hybridized carbons (Fsp3) is 0.750. The minimum absolute atomic E-state index is 0.378. The Morgan fingerprint density at radius 1 is 1.40 bits per heavy atom. The van der Waals surface area contributed by atoms with Crippen molar-refractivity contribution in [1.29, 1.82) is 0 Å². The summed E-state index contributed by atoms with van der Waals surface area (Å²) in [6.07, 6.45) is 1.20. The van der Waals surface area contributed by atoms with E-state index in [1.165, 1.54) is 0 Å². The van der Waals surface area contributed by atoms with Crippen LogP contribution in [0, 0.1) is 5.92 Å². The van der Waals surface area contributed by atoms with Crippen molar-refractivity contribution in [3.63, 3.8) is 0 Å². The highest BCUT2D eigenvalue weighted by molar-refractivity contribution is 5.86. The van der Waals surface area contributed by atoms with Crippen LogP contribution in [-0.2, 0) is 14.3 Å². The second-order valence-electron chi connectivity index (χ2n) is 4.12. The van der Waals surface area contributed by atoms with Gasteiger partial charge in [0.1, 0.15) is 0 Å². The number of esters is 1. The summed E-state index contributed by atoms with van der Waals surface area (Å²) < 4.78 is 10.6. The van der Waals surface area contributed by atoms with Crippen molar-refractivity contribution >= 4 is 5.97 Å². The Labute approximate surface area is 92.5 Å². The summed E-state index contributed by atoms with van der Waals surface area (Å²) in [5.74, 6) is 0.0570. The highest BCUT2D eigenvalue weighted by Gasteiger charge is 2.16. The lowest BCUT2D eigenvalue weighted by molar-refractivity contribution is -0.177. The molecular formula is C12H22O3. The highest BCUT2D eigenvalue weighted by atomic mass is 16.7. The van der Waals surface area contributed by atoms with Crippen molar-refractivity contribution in [2.24, 2.45) is 5.92 Å². The average molecular weight is 214 g/mol. The average Bonchev–Trinajstić information content (AvgIpc) is 2.13. The van der Waals surface area contributed by atoms with Crippen LogP contribution in [0.15, 0.2) is 12.2 Å². The molecule has 0 aliphatic heterocycles. The first-order chi connectivity index (χ1) is 6.97. The van der Waals surface area contributed by atoms with Gasteiger partial charge in [0, 0.05) is 12.0 Å². The number of rotatable bonds is 7. The normalized spacial score (nSPS) is 12.6. The van der Waals surface area contributed by atoms with Gasteiger partial charge in [-0.2, -0.15) is 0 Å². The first-order valence-electron chi connectivity index (χ1n) is 5.45. The van der Waals surface area contributed by atoms with Crippen molar-refractivity contribution in [2.75, 3.05) is 6.61 Å². The zero-order valence-corrected chi connectivity index (χ0v) is 10.2. The molecule has 0 fully saturated rings.